The Kier molecular flexibility index (Phi) is 5.53. The third kappa shape index (κ3) is 4.79. The van der Waals surface area contributed by atoms with Crippen molar-refractivity contribution < 1.29 is 4.79 Å². The second-order valence-corrected chi connectivity index (χ2v) is 4.86. The molecule has 1 aromatic rings. The van der Waals surface area contributed by atoms with Gasteiger partial charge in [-0.25, -0.2) is 0 Å². The number of carbonyl (C=O) groups is 1. The van der Waals surface area contributed by atoms with Crippen molar-refractivity contribution in [3.05, 3.63) is 29.3 Å². The van der Waals surface area contributed by atoms with Crippen LogP contribution < -0.4 is 5.32 Å². The summed E-state index contributed by atoms with van der Waals surface area (Å²) in [6, 6.07) is 6.09. The van der Waals surface area contributed by atoms with Crippen LogP contribution in [0.5, 0.6) is 0 Å². The highest BCUT2D eigenvalue weighted by molar-refractivity contribution is 9.09. The smallest absolute Gasteiger partial charge is 0.224 e. The van der Waals surface area contributed by atoms with E-state index in [0.717, 1.165) is 23.9 Å². The Morgan fingerprint density at radius 2 is 1.81 bits per heavy atom. The first kappa shape index (κ1) is 13.2. The van der Waals surface area contributed by atoms with Crippen LogP contribution in [0.3, 0.4) is 0 Å². The van der Waals surface area contributed by atoms with Crippen molar-refractivity contribution in [2.45, 2.75) is 33.1 Å². The highest BCUT2D eigenvalue weighted by Crippen LogP contribution is 2.14. The average Bonchev–Trinajstić information content (AvgIpc) is 2.16. The maximum absolute atomic E-state index is 11.6. The second-order valence-electron chi connectivity index (χ2n) is 4.07. The zero-order chi connectivity index (χ0) is 12.0. The first-order valence-electron chi connectivity index (χ1n) is 5.56. The van der Waals surface area contributed by atoms with E-state index < -0.39 is 0 Å². The summed E-state index contributed by atoms with van der Waals surface area (Å²) in [6.07, 6.45) is 2.57. The quantitative estimate of drug-likeness (QED) is 0.646. The molecule has 1 amide bonds. The molecular weight excluding hydrogens is 266 g/mol. The normalized spacial score (nSPS) is 10.2. The van der Waals surface area contributed by atoms with Crippen LogP contribution in [0.25, 0.3) is 0 Å². The van der Waals surface area contributed by atoms with E-state index in [1.54, 1.807) is 0 Å². The molecule has 0 aliphatic carbocycles. The number of amides is 1. The van der Waals surface area contributed by atoms with Crippen molar-refractivity contribution in [3.8, 4) is 0 Å². The minimum atomic E-state index is 0.103. The van der Waals surface area contributed by atoms with Gasteiger partial charge in [0.25, 0.3) is 0 Å². The fourth-order valence-electron chi connectivity index (χ4n) is 1.65. The third-order valence-corrected chi connectivity index (χ3v) is 2.85. The molecule has 0 saturated carbocycles. The molecule has 0 fully saturated rings. The van der Waals surface area contributed by atoms with E-state index in [1.165, 1.54) is 11.1 Å². The van der Waals surface area contributed by atoms with Gasteiger partial charge in [-0.2, -0.15) is 0 Å². The maximum atomic E-state index is 11.6. The van der Waals surface area contributed by atoms with E-state index in [0.29, 0.717) is 6.42 Å². The number of alkyl halides is 1. The van der Waals surface area contributed by atoms with Crippen LogP contribution in [-0.2, 0) is 4.79 Å². The summed E-state index contributed by atoms with van der Waals surface area (Å²) < 4.78 is 0. The summed E-state index contributed by atoms with van der Waals surface area (Å²) in [5.41, 5.74) is 3.26. The van der Waals surface area contributed by atoms with Crippen LogP contribution in [0.1, 0.15) is 30.4 Å². The lowest BCUT2D eigenvalue weighted by atomic mass is 10.1. The molecule has 0 aromatic heterocycles. The Morgan fingerprint density at radius 1 is 1.19 bits per heavy atom. The molecule has 0 atom stereocenters. The topological polar surface area (TPSA) is 29.1 Å². The van der Waals surface area contributed by atoms with Crippen molar-refractivity contribution in [3.63, 3.8) is 0 Å². The Labute approximate surface area is 106 Å². The van der Waals surface area contributed by atoms with Crippen LogP contribution >= 0.6 is 15.9 Å². The summed E-state index contributed by atoms with van der Waals surface area (Å²) in [4.78, 5) is 11.6. The van der Waals surface area contributed by atoms with Gasteiger partial charge >= 0.3 is 0 Å². The molecular formula is C13H18BrNO. The zero-order valence-electron chi connectivity index (χ0n) is 9.85. The number of aryl methyl sites for hydroxylation is 2. The molecule has 0 bridgehead atoms. The zero-order valence-corrected chi connectivity index (χ0v) is 11.4. The summed E-state index contributed by atoms with van der Waals surface area (Å²) in [6.45, 7) is 4.07. The van der Waals surface area contributed by atoms with Crippen LogP contribution in [0.2, 0.25) is 0 Å². The van der Waals surface area contributed by atoms with Crippen molar-refractivity contribution in [1.29, 1.82) is 0 Å². The maximum Gasteiger partial charge on any atom is 0.224 e. The molecule has 1 N–H and O–H groups in total. The van der Waals surface area contributed by atoms with Crippen molar-refractivity contribution in [1.82, 2.24) is 0 Å². The third-order valence-electron chi connectivity index (χ3n) is 2.29. The number of halogens is 1. The molecule has 88 valence electrons. The monoisotopic (exact) mass is 283 g/mol. The van der Waals surface area contributed by atoms with Gasteiger partial charge in [-0.15, -0.1) is 0 Å². The van der Waals surface area contributed by atoms with Crippen molar-refractivity contribution in [2.24, 2.45) is 0 Å². The number of benzene rings is 1. The Bertz CT molecular complexity index is 343. The minimum absolute atomic E-state index is 0.103. The van der Waals surface area contributed by atoms with Crippen molar-refractivity contribution >= 4 is 27.5 Å². The molecule has 16 heavy (non-hydrogen) atoms. The van der Waals surface area contributed by atoms with Gasteiger partial charge < -0.3 is 5.32 Å². The number of carbonyl (C=O) groups excluding carboxylic acids is 1. The Balaban J connectivity index is 2.49. The summed E-state index contributed by atoms with van der Waals surface area (Å²) in [5.74, 6) is 0.103. The van der Waals surface area contributed by atoms with E-state index in [9.17, 15) is 4.79 Å². The van der Waals surface area contributed by atoms with E-state index in [4.69, 9.17) is 0 Å². The van der Waals surface area contributed by atoms with Gasteiger partial charge in [0, 0.05) is 17.4 Å². The first-order valence-corrected chi connectivity index (χ1v) is 6.68. The van der Waals surface area contributed by atoms with Crippen LogP contribution in [0.15, 0.2) is 18.2 Å². The van der Waals surface area contributed by atoms with Gasteiger partial charge in [0.05, 0.1) is 0 Å². The molecule has 0 unspecified atom stereocenters. The minimum Gasteiger partial charge on any atom is -0.326 e. The predicted octanol–water partition coefficient (Wildman–Crippen LogP) is 3.81. The summed E-state index contributed by atoms with van der Waals surface area (Å²) in [7, 11) is 0. The standard InChI is InChI=1S/C13H18BrNO/c1-10-7-11(2)9-12(8-10)15-13(16)5-3-4-6-14/h7-9H,3-6H2,1-2H3,(H,15,16). The molecule has 0 spiro atoms. The van der Waals surface area contributed by atoms with Crippen LogP contribution in [0.4, 0.5) is 5.69 Å². The summed E-state index contributed by atoms with van der Waals surface area (Å²) >= 11 is 3.35. The molecule has 0 saturated heterocycles. The fraction of sp³-hybridized carbons (Fsp3) is 0.462. The van der Waals surface area contributed by atoms with Gasteiger partial charge in [-0.3, -0.25) is 4.79 Å². The molecule has 0 aliphatic heterocycles. The number of unbranched alkanes of at least 4 members (excludes halogenated alkanes) is 1. The molecule has 0 heterocycles. The van der Waals surface area contributed by atoms with Gasteiger partial charge in [0.15, 0.2) is 0 Å². The first-order chi connectivity index (χ1) is 7.61. The second kappa shape index (κ2) is 6.69. The average molecular weight is 284 g/mol. The van der Waals surface area contributed by atoms with Crippen LogP contribution in [0, 0.1) is 13.8 Å². The van der Waals surface area contributed by atoms with Gasteiger partial charge in [-0.05, 0) is 49.9 Å². The number of hydrogen-bond acceptors (Lipinski definition) is 1. The van der Waals surface area contributed by atoms with Gasteiger partial charge in [0.1, 0.15) is 0 Å². The number of hydrogen-bond donors (Lipinski definition) is 1. The molecule has 2 nitrogen and oxygen atoms in total. The SMILES string of the molecule is Cc1cc(C)cc(NC(=O)CCCCBr)c1. The Morgan fingerprint density at radius 3 is 2.38 bits per heavy atom. The molecule has 1 rings (SSSR count). The lowest BCUT2D eigenvalue weighted by Crippen LogP contribution is -2.11. The Hall–Kier alpha value is -0.830. The van der Waals surface area contributed by atoms with E-state index in [2.05, 4.69) is 27.3 Å². The van der Waals surface area contributed by atoms with E-state index >= 15 is 0 Å². The van der Waals surface area contributed by atoms with E-state index in [-0.39, 0.29) is 5.91 Å². The lowest BCUT2D eigenvalue weighted by molar-refractivity contribution is -0.116. The number of rotatable bonds is 5. The van der Waals surface area contributed by atoms with E-state index in [1.807, 2.05) is 26.0 Å². The highest BCUT2D eigenvalue weighted by atomic mass is 79.9. The molecule has 1 aromatic carbocycles. The number of anilines is 1. The summed E-state index contributed by atoms with van der Waals surface area (Å²) in [5, 5.41) is 3.89. The number of nitrogens with one attached hydrogen (secondary N) is 1. The molecule has 3 heteroatoms. The van der Waals surface area contributed by atoms with Gasteiger partial charge in [0.2, 0.25) is 5.91 Å². The predicted molar refractivity (Wildman–Crippen MR) is 72.2 cm³/mol. The molecule has 0 aliphatic rings. The lowest BCUT2D eigenvalue weighted by Gasteiger charge is -2.07. The van der Waals surface area contributed by atoms with Crippen molar-refractivity contribution in [2.75, 3.05) is 10.6 Å². The fourth-order valence-corrected chi connectivity index (χ4v) is 2.05. The molecule has 0 radical (unpaired) electrons. The highest BCUT2D eigenvalue weighted by Gasteiger charge is 2.02. The largest absolute Gasteiger partial charge is 0.326 e. The van der Waals surface area contributed by atoms with Gasteiger partial charge in [-0.1, -0.05) is 22.0 Å². The van der Waals surface area contributed by atoms with Crippen LogP contribution in [-0.4, -0.2) is 11.2 Å².